The van der Waals surface area contributed by atoms with Crippen molar-refractivity contribution in [3.8, 4) is 0 Å². The Morgan fingerprint density at radius 3 is 2.25 bits per heavy atom. The minimum atomic E-state index is -0.646. The number of halogens is 1. The molecule has 0 spiro atoms. The number of carbonyl (C=O) groups excluding carboxylic acids is 3. The molecule has 3 aliphatic heterocycles. The van der Waals surface area contributed by atoms with Crippen LogP contribution < -0.4 is 10.6 Å². The number of piperazine rings is 1. The topological polar surface area (TPSA) is 88.2 Å². The number of hydrogen-bond donors (Lipinski definition) is 2. The molecule has 3 aliphatic rings. The number of rotatable bonds is 9. The summed E-state index contributed by atoms with van der Waals surface area (Å²) < 4.78 is 0. The van der Waals surface area contributed by atoms with Crippen LogP contribution in [0.2, 0.25) is 5.02 Å². The summed E-state index contributed by atoms with van der Waals surface area (Å²) in [5, 5.41) is 12.0. The molecule has 1 unspecified atom stereocenters. The lowest BCUT2D eigenvalue weighted by Gasteiger charge is -2.47. The van der Waals surface area contributed by atoms with Gasteiger partial charge in [0.25, 0.3) is 0 Å². The van der Waals surface area contributed by atoms with Gasteiger partial charge in [-0.15, -0.1) is 0 Å². The van der Waals surface area contributed by atoms with E-state index in [4.69, 9.17) is 11.6 Å². The van der Waals surface area contributed by atoms with Gasteiger partial charge in [0.05, 0.1) is 5.54 Å². The highest BCUT2D eigenvalue weighted by molar-refractivity contribution is 6.30. The minimum Gasteiger partial charge on any atom is -0.343 e. The number of nitrogens with one attached hydrogen (secondary N) is 2. The second kappa shape index (κ2) is 13.6. The summed E-state index contributed by atoms with van der Waals surface area (Å²) in [6, 6.07) is 7.25. The predicted octanol–water partition coefficient (Wildman–Crippen LogP) is 2.54. The number of piperidine rings is 1. The van der Waals surface area contributed by atoms with Gasteiger partial charge in [0, 0.05) is 70.2 Å². The van der Waals surface area contributed by atoms with Crippen LogP contribution in [0.25, 0.3) is 0 Å². The highest BCUT2D eigenvalue weighted by Gasteiger charge is 2.39. The van der Waals surface area contributed by atoms with E-state index in [2.05, 4.69) is 34.5 Å². The fourth-order valence-corrected chi connectivity index (χ4v) is 6.33. The second-order valence-corrected chi connectivity index (χ2v) is 12.7. The molecule has 9 nitrogen and oxygen atoms in total. The molecule has 0 aliphatic carbocycles. The molecule has 4 rings (SSSR count). The molecule has 0 bridgehead atoms. The summed E-state index contributed by atoms with van der Waals surface area (Å²) in [7, 11) is 0. The van der Waals surface area contributed by atoms with Gasteiger partial charge < -0.3 is 20.4 Å². The Hall–Kier alpha value is -2.20. The van der Waals surface area contributed by atoms with E-state index >= 15 is 0 Å². The van der Waals surface area contributed by atoms with Crippen LogP contribution in [0.5, 0.6) is 0 Å². The van der Waals surface area contributed by atoms with Crippen molar-refractivity contribution in [2.75, 3.05) is 52.4 Å². The Morgan fingerprint density at radius 1 is 1.05 bits per heavy atom. The zero-order valence-corrected chi connectivity index (χ0v) is 25.4. The molecular weight excluding hydrogens is 528 g/mol. The maximum absolute atomic E-state index is 13.9. The first-order valence-corrected chi connectivity index (χ1v) is 15.3. The molecule has 0 radical (unpaired) electrons. The van der Waals surface area contributed by atoms with E-state index in [1.165, 1.54) is 0 Å². The van der Waals surface area contributed by atoms with E-state index in [0.29, 0.717) is 36.5 Å². The van der Waals surface area contributed by atoms with Gasteiger partial charge in [-0.2, -0.15) is 0 Å². The molecule has 3 amide bonds. The van der Waals surface area contributed by atoms with Crippen LogP contribution >= 0.6 is 11.6 Å². The molecule has 3 fully saturated rings. The summed E-state index contributed by atoms with van der Waals surface area (Å²) in [5.41, 5.74) is 0.318. The van der Waals surface area contributed by atoms with E-state index in [-0.39, 0.29) is 17.7 Å². The maximum atomic E-state index is 13.9. The van der Waals surface area contributed by atoms with Crippen LogP contribution in [0, 0.1) is 5.92 Å². The average Bonchev–Trinajstić information content (AvgIpc) is 3.40. The molecule has 0 saturated carbocycles. The molecule has 2 atom stereocenters. The van der Waals surface area contributed by atoms with Crippen molar-refractivity contribution in [1.82, 2.24) is 30.5 Å². The maximum Gasteiger partial charge on any atom is 0.245 e. The molecule has 3 heterocycles. The molecule has 40 heavy (non-hydrogen) atoms. The summed E-state index contributed by atoms with van der Waals surface area (Å²) in [6.45, 7) is 14.1. The predicted molar refractivity (Wildman–Crippen MR) is 158 cm³/mol. The summed E-state index contributed by atoms with van der Waals surface area (Å²) in [4.78, 5) is 42.8. The number of nitrogens with zero attached hydrogens (tertiary/aromatic N) is 4. The molecule has 3 saturated heterocycles. The van der Waals surface area contributed by atoms with Crippen molar-refractivity contribution < 1.29 is 14.4 Å². The lowest BCUT2D eigenvalue weighted by molar-refractivity contribution is -0.146. The van der Waals surface area contributed by atoms with Crippen molar-refractivity contribution in [2.24, 2.45) is 5.92 Å². The first-order chi connectivity index (χ1) is 19.1. The smallest absolute Gasteiger partial charge is 0.245 e. The quantitative estimate of drug-likeness (QED) is 0.471. The van der Waals surface area contributed by atoms with E-state index < -0.39 is 11.6 Å². The van der Waals surface area contributed by atoms with E-state index in [9.17, 15) is 14.4 Å². The minimum absolute atomic E-state index is 0.0327. The number of carbonyl (C=O) groups is 3. The molecule has 222 valence electrons. The molecular formula is C30H47ClN6O3. The number of amides is 3. The van der Waals surface area contributed by atoms with E-state index in [1.54, 1.807) is 6.92 Å². The Kier molecular flexibility index (Phi) is 10.5. The van der Waals surface area contributed by atoms with Gasteiger partial charge in [0.15, 0.2) is 0 Å². The highest BCUT2D eigenvalue weighted by Crippen LogP contribution is 2.23. The lowest BCUT2D eigenvalue weighted by Crippen LogP contribution is -2.62. The summed E-state index contributed by atoms with van der Waals surface area (Å²) >= 11 is 6.09. The highest BCUT2D eigenvalue weighted by atomic mass is 35.5. The third-order valence-corrected chi connectivity index (χ3v) is 8.89. The van der Waals surface area contributed by atoms with Gasteiger partial charge in [-0.25, -0.2) is 10.0 Å². The van der Waals surface area contributed by atoms with Gasteiger partial charge >= 0.3 is 0 Å². The van der Waals surface area contributed by atoms with Crippen molar-refractivity contribution >= 4 is 29.3 Å². The van der Waals surface area contributed by atoms with Gasteiger partial charge in [-0.05, 0) is 62.8 Å². The molecule has 1 aromatic rings. The number of hydrogen-bond acceptors (Lipinski definition) is 6. The fraction of sp³-hybridized carbons (Fsp3) is 0.700. The van der Waals surface area contributed by atoms with Crippen LogP contribution in [0.3, 0.4) is 0 Å². The summed E-state index contributed by atoms with van der Waals surface area (Å²) in [6.07, 6.45) is 4.06. The Balaban J connectivity index is 1.41. The molecule has 0 aromatic heterocycles. The Labute approximate surface area is 244 Å². The first kappa shape index (κ1) is 30.8. The summed E-state index contributed by atoms with van der Waals surface area (Å²) in [5.74, 6) is 0.514. The largest absolute Gasteiger partial charge is 0.343 e. The van der Waals surface area contributed by atoms with Crippen LogP contribution in [-0.4, -0.2) is 108 Å². The van der Waals surface area contributed by atoms with Crippen molar-refractivity contribution in [1.29, 1.82) is 0 Å². The van der Waals surface area contributed by atoms with Crippen LogP contribution in [-0.2, 0) is 20.8 Å². The van der Waals surface area contributed by atoms with Gasteiger partial charge in [0.2, 0.25) is 17.7 Å². The fourth-order valence-electron chi connectivity index (χ4n) is 6.20. The van der Waals surface area contributed by atoms with E-state index in [1.807, 2.05) is 41.0 Å². The van der Waals surface area contributed by atoms with Crippen LogP contribution in [0.15, 0.2) is 24.3 Å². The molecule has 10 heteroatoms. The lowest BCUT2D eigenvalue weighted by atomic mass is 9.97. The second-order valence-electron chi connectivity index (χ2n) is 12.3. The number of benzene rings is 1. The average molecular weight is 575 g/mol. The number of hydrazine groups is 1. The van der Waals surface area contributed by atoms with Gasteiger partial charge in [-0.3, -0.25) is 14.4 Å². The van der Waals surface area contributed by atoms with Crippen molar-refractivity contribution in [3.05, 3.63) is 34.9 Å². The number of likely N-dealkylation sites (tertiary alicyclic amines) is 1. The standard InChI is InChI=1S/C30H47ClN6O3/c1-22(2)21-37(26-10-14-34(15-11-26)23(3)38)36-18-16-35(17-19-36)28(39)27(20-24-6-8-25(31)9-7-24)33-29(40)30(4)12-5-13-32-30/h6-9,22,26-27,32H,5,10-21H2,1-4H3,(H,33,40)/t27-,30?/m1/s1. The third-order valence-electron chi connectivity index (χ3n) is 8.64. The van der Waals surface area contributed by atoms with Crippen molar-refractivity contribution in [3.63, 3.8) is 0 Å². The zero-order chi connectivity index (χ0) is 28.9. The Morgan fingerprint density at radius 2 is 1.70 bits per heavy atom. The molecule has 2 N–H and O–H groups in total. The van der Waals surface area contributed by atoms with Gasteiger partial charge in [0.1, 0.15) is 6.04 Å². The third kappa shape index (κ3) is 7.75. The normalized spacial score (nSPS) is 23.6. The van der Waals surface area contributed by atoms with Crippen LogP contribution in [0.4, 0.5) is 0 Å². The van der Waals surface area contributed by atoms with Crippen LogP contribution in [0.1, 0.15) is 58.9 Å². The monoisotopic (exact) mass is 574 g/mol. The Bertz CT molecular complexity index is 1010. The molecule has 1 aromatic carbocycles. The zero-order valence-electron chi connectivity index (χ0n) is 24.6. The SMILES string of the molecule is CC(=O)N1CCC(N(CC(C)C)N2CCN(C(=O)[C@@H](Cc3ccc(Cl)cc3)NC(=O)C3(C)CCCN3)CC2)CC1. The van der Waals surface area contributed by atoms with E-state index in [0.717, 1.165) is 70.5 Å². The first-order valence-electron chi connectivity index (χ1n) is 14.9. The van der Waals surface area contributed by atoms with Crippen molar-refractivity contribution in [2.45, 2.75) is 77.4 Å². The van der Waals surface area contributed by atoms with Gasteiger partial charge in [-0.1, -0.05) is 37.6 Å².